The number of carbonyl (C=O) groups excluding carboxylic acids is 1. The Labute approximate surface area is 220 Å². The van der Waals surface area contributed by atoms with Gasteiger partial charge in [0.15, 0.2) is 11.6 Å². The molecule has 2 N–H and O–H groups in total. The Morgan fingerprint density at radius 3 is 2.37 bits per heavy atom. The van der Waals surface area contributed by atoms with Gasteiger partial charge in [0.2, 0.25) is 11.9 Å². The molecule has 1 fully saturated rings. The van der Waals surface area contributed by atoms with Crippen LogP contribution in [0.4, 0.5) is 17.5 Å². The normalized spacial score (nSPS) is 15.7. The summed E-state index contributed by atoms with van der Waals surface area (Å²) >= 11 is 0. The Kier molecular flexibility index (Phi) is 7.01. The lowest BCUT2D eigenvalue weighted by atomic mass is 9.97. The van der Waals surface area contributed by atoms with Gasteiger partial charge in [-0.1, -0.05) is 0 Å². The Hall–Kier alpha value is -4.39. The molecule has 5 rings (SSSR count). The average molecular weight is 534 g/mol. The van der Waals surface area contributed by atoms with Crippen LogP contribution in [0, 0.1) is 19.8 Å². The van der Waals surface area contributed by atoms with Crippen LogP contribution in [0.15, 0.2) is 65.8 Å². The molecule has 0 aliphatic carbocycles. The van der Waals surface area contributed by atoms with Crippen LogP contribution in [-0.4, -0.2) is 57.4 Å². The monoisotopic (exact) mass is 533 g/mol. The van der Waals surface area contributed by atoms with Crippen molar-refractivity contribution < 1.29 is 13.2 Å². The highest BCUT2D eigenvalue weighted by molar-refractivity contribution is 7.92. The topological polar surface area (TPSA) is 148 Å². The van der Waals surface area contributed by atoms with Gasteiger partial charge in [-0.3, -0.25) is 4.79 Å². The van der Waals surface area contributed by atoms with E-state index in [4.69, 9.17) is 0 Å². The summed E-state index contributed by atoms with van der Waals surface area (Å²) in [5.41, 5.74) is 2.40. The fraction of sp³-hybridized carbons (Fsp3) is 0.280. The summed E-state index contributed by atoms with van der Waals surface area (Å²) in [6, 6.07) is 13.3. The largest absolute Gasteiger partial charge is 0.354 e. The summed E-state index contributed by atoms with van der Waals surface area (Å²) in [4.78, 5) is 22.9. The molecule has 13 heteroatoms. The number of anilines is 3. The molecule has 0 radical (unpaired) electrons. The number of hydrogen-bond donors (Lipinski definition) is 2. The molecule has 3 aromatic heterocycles. The molecular weight excluding hydrogens is 506 g/mol. The van der Waals surface area contributed by atoms with Gasteiger partial charge in [0.25, 0.3) is 10.0 Å². The van der Waals surface area contributed by atoms with Gasteiger partial charge in [-0.05, 0) is 75.2 Å². The van der Waals surface area contributed by atoms with Gasteiger partial charge < -0.3 is 10.2 Å². The van der Waals surface area contributed by atoms with Gasteiger partial charge in [-0.15, -0.1) is 10.2 Å². The van der Waals surface area contributed by atoms with Gasteiger partial charge in [0.1, 0.15) is 0 Å². The predicted octanol–water partition coefficient (Wildman–Crippen LogP) is 2.73. The van der Waals surface area contributed by atoms with Crippen molar-refractivity contribution >= 4 is 33.4 Å². The van der Waals surface area contributed by atoms with E-state index in [2.05, 4.69) is 40.2 Å². The van der Waals surface area contributed by atoms with E-state index in [1.54, 1.807) is 22.9 Å². The molecule has 1 aliphatic rings. The summed E-state index contributed by atoms with van der Waals surface area (Å²) in [7, 11) is -3.85. The molecule has 196 valence electrons. The molecule has 4 heterocycles. The number of nitrogens with one attached hydrogen (secondary N) is 2. The molecule has 4 aromatic rings. The maximum atomic E-state index is 13.0. The number of sulfonamides is 1. The Morgan fingerprint density at radius 1 is 1.00 bits per heavy atom. The van der Waals surface area contributed by atoms with E-state index in [1.165, 1.54) is 24.5 Å². The quantitative estimate of drug-likeness (QED) is 0.366. The summed E-state index contributed by atoms with van der Waals surface area (Å²) in [5, 5.41) is 16.1. The highest BCUT2D eigenvalue weighted by Gasteiger charge is 2.27. The minimum absolute atomic E-state index is 0.0161. The number of rotatable bonds is 7. The molecule has 0 saturated carbocycles. The van der Waals surface area contributed by atoms with Crippen LogP contribution in [-0.2, 0) is 14.8 Å². The summed E-state index contributed by atoms with van der Waals surface area (Å²) in [6.07, 6.45) is 4.47. The maximum Gasteiger partial charge on any atom is 0.264 e. The first-order valence-corrected chi connectivity index (χ1v) is 13.6. The minimum Gasteiger partial charge on any atom is -0.354 e. The molecule has 1 aromatic carbocycles. The highest BCUT2D eigenvalue weighted by Crippen LogP contribution is 2.24. The molecular formula is C25H27N9O3S. The van der Waals surface area contributed by atoms with Crippen LogP contribution in [0.1, 0.15) is 24.2 Å². The van der Waals surface area contributed by atoms with Crippen molar-refractivity contribution in [2.24, 2.45) is 5.92 Å². The standard InChI is InChI=1S/C25H27N9O3S/c1-17-15-18(2)34(31-17)23-11-10-22(29-30-23)33-14-3-5-19(16-33)24(35)28-20-6-8-21(9-7-20)38(36,37)32-25-26-12-4-13-27-25/h4,6-13,15,19H,3,5,14,16H2,1-2H3,(H,28,35)(H,26,27,32). The fourth-order valence-corrected chi connectivity index (χ4v) is 5.31. The molecule has 1 saturated heterocycles. The van der Waals surface area contributed by atoms with Gasteiger partial charge >= 0.3 is 0 Å². The second-order valence-corrected chi connectivity index (χ2v) is 10.7. The van der Waals surface area contributed by atoms with Gasteiger partial charge in [0.05, 0.1) is 16.5 Å². The number of aromatic nitrogens is 6. The number of carbonyl (C=O) groups is 1. The van der Waals surface area contributed by atoms with E-state index in [9.17, 15) is 13.2 Å². The highest BCUT2D eigenvalue weighted by atomic mass is 32.2. The van der Waals surface area contributed by atoms with Crippen LogP contribution in [0.2, 0.25) is 0 Å². The lowest BCUT2D eigenvalue weighted by Crippen LogP contribution is -2.41. The molecule has 1 amide bonds. The lowest BCUT2D eigenvalue weighted by molar-refractivity contribution is -0.120. The Bertz CT molecular complexity index is 1520. The SMILES string of the molecule is Cc1cc(C)n(-c2ccc(N3CCCC(C(=O)Nc4ccc(S(=O)(=O)Nc5ncccn5)cc4)C3)nn2)n1. The smallest absolute Gasteiger partial charge is 0.264 e. The van der Waals surface area contributed by atoms with E-state index in [0.717, 1.165) is 30.8 Å². The summed E-state index contributed by atoms with van der Waals surface area (Å²) in [5.74, 6) is 0.951. The lowest BCUT2D eigenvalue weighted by Gasteiger charge is -2.32. The zero-order valence-electron chi connectivity index (χ0n) is 20.9. The Morgan fingerprint density at radius 2 is 1.71 bits per heavy atom. The number of piperidine rings is 1. The molecule has 0 bridgehead atoms. The second-order valence-electron chi connectivity index (χ2n) is 9.07. The number of aryl methyl sites for hydroxylation is 2. The molecule has 1 atom stereocenters. The van der Waals surface area contributed by atoms with E-state index in [1.807, 2.05) is 32.0 Å². The predicted molar refractivity (Wildman–Crippen MR) is 141 cm³/mol. The van der Waals surface area contributed by atoms with Crippen molar-refractivity contribution in [3.63, 3.8) is 0 Å². The number of hydrogen-bond acceptors (Lipinski definition) is 9. The van der Waals surface area contributed by atoms with Crippen LogP contribution in [0.5, 0.6) is 0 Å². The van der Waals surface area contributed by atoms with Crippen molar-refractivity contribution in [3.05, 3.63) is 72.3 Å². The van der Waals surface area contributed by atoms with Gasteiger partial charge in [0, 0.05) is 36.9 Å². The second kappa shape index (κ2) is 10.5. The van der Waals surface area contributed by atoms with E-state index < -0.39 is 10.0 Å². The third kappa shape index (κ3) is 5.62. The zero-order chi connectivity index (χ0) is 26.7. The van der Waals surface area contributed by atoms with Crippen molar-refractivity contribution in [1.82, 2.24) is 29.9 Å². The first-order chi connectivity index (χ1) is 18.3. The summed E-state index contributed by atoms with van der Waals surface area (Å²) in [6.45, 7) is 5.18. The van der Waals surface area contributed by atoms with E-state index >= 15 is 0 Å². The first kappa shape index (κ1) is 25.3. The molecule has 38 heavy (non-hydrogen) atoms. The molecule has 1 unspecified atom stereocenters. The number of benzene rings is 1. The fourth-order valence-electron chi connectivity index (χ4n) is 4.35. The number of amides is 1. The van der Waals surface area contributed by atoms with Crippen molar-refractivity contribution in [1.29, 1.82) is 0 Å². The summed E-state index contributed by atoms with van der Waals surface area (Å²) < 4.78 is 29.2. The van der Waals surface area contributed by atoms with Crippen LogP contribution in [0.3, 0.4) is 0 Å². The zero-order valence-corrected chi connectivity index (χ0v) is 21.8. The first-order valence-electron chi connectivity index (χ1n) is 12.1. The molecule has 1 aliphatic heterocycles. The Balaban J connectivity index is 1.21. The van der Waals surface area contributed by atoms with E-state index in [0.29, 0.717) is 23.9 Å². The third-order valence-corrected chi connectivity index (χ3v) is 7.55. The van der Waals surface area contributed by atoms with Crippen LogP contribution >= 0.6 is 0 Å². The van der Waals surface area contributed by atoms with Crippen LogP contribution < -0.4 is 14.9 Å². The molecule has 12 nitrogen and oxygen atoms in total. The van der Waals surface area contributed by atoms with Gasteiger partial charge in [-0.25, -0.2) is 27.8 Å². The number of nitrogens with zero attached hydrogens (tertiary/aromatic N) is 7. The average Bonchev–Trinajstić information content (AvgIpc) is 3.27. The van der Waals surface area contributed by atoms with Crippen molar-refractivity contribution in [2.45, 2.75) is 31.6 Å². The van der Waals surface area contributed by atoms with Crippen LogP contribution in [0.25, 0.3) is 5.82 Å². The maximum absolute atomic E-state index is 13.0. The van der Waals surface area contributed by atoms with Crippen molar-refractivity contribution in [2.75, 3.05) is 28.0 Å². The van der Waals surface area contributed by atoms with E-state index in [-0.39, 0.29) is 22.7 Å². The van der Waals surface area contributed by atoms with Gasteiger partial charge in [-0.2, -0.15) is 5.10 Å². The third-order valence-electron chi connectivity index (χ3n) is 6.20. The van der Waals surface area contributed by atoms with Crippen molar-refractivity contribution in [3.8, 4) is 5.82 Å². The minimum atomic E-state index is -3.85. The molecule has 0 spiro atoms.